The maximum absolute atomic E-state index is 14.4. The van der Waals surface area contributed by atoms with Crippen LogP contribution < -0.4 is 16.0 Å². The summed E-state index contributed by atoms with van der Waals surface area (Å²) in [6.07, 6.45) is 1.94. The Hall–Kier alpha value is -4.13. The number of fused-ring (bicyclic) bond motifs is 1. The van der Waals surface area contributed by atoms with E-state index in [1.54, 1.807) is 6.92 Å². The van der Waals surface area contributed by atoms with Gasteiger partial charge in [-0.15, -0.1) is 4.80 Å². The van der Waals surface area contributed by atoms with Gasteiger partial charge in [0.25, 0.3) is 5.56 Å². The van der Waals surface area contributed by atoms with Crippen molar-refractivity contribution in [2.75, 3.05) is 7.11 Å². The third-order valence-corrected chi connectivity index (χ3v) is 8.10. The van der Waals surface area contributed by atoms with Gasteiger partial charge in [-0.1, -0.05) is 25.2 Å². The van der Waals surface area contributed by atoms with Gasteiger partial charge in [0, 0.05) is 24.5 Å². The minimum atomic E-state index is -1.50. The highest BCUT2D eigenvalue weighted by atomic mass is 32.1. The quantitative estimate of drug-likeness (QED) is 0.256. The van der Waals surface area contributed by atoms with Crippen LogP contribution in [0.5, 0.6) is 5.75 Å². The van der Waals surface area contributed by atoms with Gasteiger partial charge < -0.3 is 9.47 Å². The smallest absolute Gasteiger partial charge is 0.333 e. The van der Waals surface area contributed by atoms with E-state index in [0.717, 1.165) is 15.9 Å². The molecule has 0 unspecified atom stereocenters. The first-order valence-electron chi connectivity index (χ1n) is 13.0. The Bertz CT molecular complexity index is 1740. The summed E-state index contributed by atoms with van der Waals surface area (Å²) in [6, 6.07) is 3.76. The fraction of sp³-hybridized carbons (Fsp3) is 0.429. The highest BCUT2D eigenvalue weighted by Gasteiger charge is 2.36. The van der Waals surface area contributed by atoms with Crippen molar-refractivity contribution in [3.63, 3.8) is 0 Å². The van der Waals surface area contributed by atoms with E-state index < -0.39 is 34.7 Å². The molecule has 41 heavy (non-hydrogen) atoms. The molecule has 0 saturated carbocycles. The third kappa shape index (κ3) is 5.58. The number of ketones is 1. The van der Waals surface area contributed by atoms with Crippen LogP contribution in [0.15, 0.2) is 40.2 Å². The molecule has 0 amide bonds. The second-order valence-corrected chi connectivity index (χ2v) is 11.6. The zero-order valence-corrected chi connectivity index (χ0v) is 24.7. The van der Waals surface area contributed by atoms with Crippen molar-refractivity contribution in [2.24, 2.45) is 5.92 Å². The molecule has 4 aromatic rings. The van der Waals surface area contributed by atoms with Crippen molar-refractivity contribution in [3.05, 3.63) is 68.4 Å². The molecule has 0 aliphatic rings. The number of rotatable bonds is 10. The first-order chi connectivity index (χ1) is 19.3. The average molecular weight is 586 g/mol. The number of carbonyl (C=O) groups is 2. The number of thiophene rings is 1. The van der Waals surface area contributed by atoms with Gasteiger partial charge in [0.2, 0.25) is 0 Å². The maximum atomic E-state index is 14.4. The predicted molar refractivity (Wildman–Crippen MR) is 151 cm³/mol. The van der Waals surface area contributed by atoms with Crippen molar-refractivity contribution >= 4 is 33.3 Å². The number of nitrogens with zero attached hydrogens (tertiary/aromatic N) is 5. The van der Waals surface area contributed by atoms with Crippen LogP contribution in [0.1, 0.15) is 58.3 Å². The topological polar surface area (TPSA) is 127 Å². The van der Waals surface area contributed by atoms with Gasteiger partial charge in [0.15, 0.2) is 5.78 Å². The van der Waals surface area contributed by atoms with Gasteiger partial charge in [-0.25, -0.2) is 13.8 Å². The lowest BCUT2D eigenvalue weighted by Gasteiger charge is -2.28. The molecule has 0 spiro atoms. The van der Waals surface area contributed by atoms with Gasteiger partial charge in [-0.3, -0.25) is 19.0 Å². The number of esters is 1. The highest BCUT2D eigenvalue weighted by molar-refractivity contribution is 7.21. The Labute approximate surface area is 239 Å². The second-order valence-electron chi connectivity index (χ2n) is 10.6. The lowest BCUT2D eigenvalue weighted by atomic mass is 9.91. The van der Waals surface area contributed by atoms with Gasteiger partial charge in [0.1, 0.15) is 33.0 Å². The number of aryl methyl sites for hydroxylation is 1. The molecule has 218 valence electrons. The van der Waals surface area contributed by atoms with Crippen LogP contribution >= 0.6 is 11.3 Å². The summed E-state index contributed by atoms with van der Waals surface area (Å²) in [5, 5.41) is 9.04. The van der Waals surface area contributed by atoms with E-state index in [1.165, 1.54) is 67.8 Å². The first kappa shape index (κ1) is 29.8. The summed E-state index contributed by atoms with van der Waals surface area (Å²) in [4.78, 5) is 55.4. The molecule has 0 radical (unpaired) electrons. The highest BCUT2D eigenvalue weighted by Crippen LogP contribution is 2.34. The Kier molecular flexibility index (Phi) is 8.29. The summed E-state index contributed by atoms with van der Waals surface area (Å²) >= 11 is 1.10. The van der Waals surface area contributed by atoms with E-state index in [1.807, 2.05) is 13.8 Å². The molecule has 13 heteroatoms. The number of halogens is 1. The summed E-state index contributed by atoms with van der Waals surface area (Å²) in [7, 11) is 1.39. The second kappa shape index (κ2) is 11.4. The van der Waals surface area contributed by atoms with Gasteiger partial charge >= 0.3 is 11.7 Å². The van der Waals surface area contributed by atoms with E-state index in [9.17, 15) is 23.6 Å². The van der Waals surface area contributed by atoms with E-state index in [0.29, 0.717) is 10.6 Å². The Morgan fingerprint density at radius 3 is 2.39 bits per heavy atom. The average Bonchev–Trinajstić information content (AvgIpc) is 3.53. The normalized spacial score (nSPS) is 12.6. The summed E-state index contributed by atoms with van der Waals surface area (Å²) in [5.74, 6) is -1.32. The zero-order valence-electron chi connectivity index (χ0n) is 23.9. The number of aromatic nitrogens is 5. The van der Waals surface area contributed by atoms with Crippen LogP contribution in [0.2, 0.25) is 0 Å². The molecular weight excluding hydrogens is 553 g/mol. The standard InChI is InChI=1S/C28H32FN5O6S/c1-15(2)12-22(36)28(5,6)33-24(37)23-16(3)25(34-30-10-11-31-34)41-26(23)32(27(33)38)14-21(40-17(4)35)19-13-18(29)8-9-20(19)39-7/h8-11,13,15,21H,12,14H2,1-7H3/t21-/m1/s1. The molecule has 0 aliphatic carbocycles. The molecule has 0 saturated heterocycles. The van der Waals surface area contributed by atoms with E-state index in [-0.39, 0.29) is 46.2 Å². The predicted octanol–water partition coefficient (Wildman–Crippen LogP) is 3.92. The number of ether oxygens (including phenoxy) is 2. The third-order valence-electron chi connectivity index (χ3n) is 6.82. The fourth-order valence-corrected chi connectivity index (χ4v) is 5.99. The molecule has 0 aliphatic heterocycles. The SMILES string of the molecule is COc1ccc(F)cc1[C@@H](Cn1c(=O)n(C(C)(C)C(=O)CC(C)C)c(=O)c2c(C)c(-n3nccn3)sc21)OC(C)=O. The van der Waals surface area contributed by atoms with Crippen molar-refractivity contribution < 1.29 is 23.5 Å². The molecule has 4 rings (SSSR count). The van der Waals surface area contributed by atoms with Crippen LogP contribution in [-0.2, 0) is 26.4 Å². The molecule has 1 aromatic carbocycles. The molecule has 0 fully saturated rings. The molecule has 3 heterocycles. The van der Waals surface area contributed by atoms with Crippen molar-refractivity contribution in [2.45, 2.75) is 66.2 Å². The Morgan fingerprint density at radius 1 is 1.15 bits per heavy atom. The molecule has 0 N–H and O–H groups in total. The number of hydrogen-bond acceptors (Lipinski definition) is 9. The van der Waals surface area contributed by atoms with Crippen LogP contribution in [0.3, 0.4) is 0 Å². The van der Waals surface area contributed by atoms with Gasteiger partial charge in [-0.2, -0.15) is 10.2 Å². The van der Waals surface area contributed by atoms with E-state index in [4.69, 9.17) is 9.47 Å². The first-order valence-corrected chi connectivity index (χ1v) is 13.8. The minimum Gasteiger partial charge on any atom is -0.496 e. The lowest BCUT2D eigenvalue weighted by Crippen LogP contribution is -2.53. The monoisotopic (exact) mass is 585 g/mol. The number of carbonyl (C=O) groups excluding carboxylic acids is 2. The van der Waals surface area contributed by atoms with Crippen molar-refractivity contribution in [1.82, 2.24) is 24.1 Å². The lowest BCUT2D eigenvalue weighted by molar-refractivity contribution is -0.147. The van der Waals surface area contributed by atoms with E-state index in [2.05, 4.69) is 10.2 Å². The molecular formula is C28H32FN5O6S. The number of benzene rings is 1. The molecule has 3 aromatic heterocycles. The van der Waals surface area contributed by atoms with E-state index >= 15 is 0 Å². The Balaban J connectivity index is 2.06. The number of Topliss-reactive ketones (excluding diaryl/α,β-unsaturated/α-hetero) is 1. The largest absolute Gasteiger partial charge is 0.496 e. The summed E-state index contributed by atoms with van der Waals surface area (Å²) in [5.41, 5.74) is -2.22. The van der Waals surface area contributed by atoms with Crippen LogP contribution in [-0.4, -0.2) is 43.0 Å². The fourth-order valence-electron chi connectivity index (χ4n) is 4.77. The Morgan fingerprint density at radius 2 is 1.80 bits per heavy atom. The van der Waals surface area contributed by atoms with Gasteiger partial charge in [-0.05, 0) is 44.9 Å². The van der Waals surface area contributed by atoms with Crippen molar-refractivity contribution in [1.29, 1.82) is 0 Å². The zero-order chi connectivity index (χ0) is 30.2. The number of methoxy groups -OCH3 is 1. The van der Waals surface area contributed by atoms with Crippen molar-refractivity contribution in [3.8, 4) is 10.8 Å². The summed E-state index contributed by atoms with van der Waals surface area (Å²) in [6.45, 7) is 9.43. The number of hydrogen-bond donors (Lipinski definition) is 0. The maximum Gasteiger partial charge on any atom is 0.333 e. The molecule has 1 atom stereocenters. The summed E-state index contributed by atoms with van der Waals surface area (Å²) < 4.78 is 27.6. The van der Waals surface area contributed by atoms with Crippen LogP contribution in [0.25, 0.3) is 15.2 Å². The molecule has 11 nitrogen and oxygen atoms in total. The van der Waals surface area contributed by atoms with Gasteiger partial charge in [0.05, 0.1) is 31.4 Å². The molecule has 0 bridgehead atoms. The minimum absolute atomic E-state index is 0.00222. The van der Waals surface area contributed by atoms with Crippen LogP contribution in [0, 0.1) is 18.7 Å². The van der Waals surface area contributed by atoms with Crippen LogP contribution in [0.4, 0.5) is 4.39 Å².